The fourth-order valence-electron chi connectivity index (χ4n) is 2.83. The largest absolute Gasteiger partial charge is 0.316 e. The van der Waals surface area contributed by atoms with Crippen molar-refractivity contribution in [2.75, 3.05) is 13.1 Å². The molecule has 1 saturated carbocycles. The first kappa shape index (κ1) is 13.6. The van der Waals surface area contributed by atoms with E-state index in [0.717, 1.165) is 11.8 Å². The fourth-order valence-corrected chi connectivity index (χ4v) is 4.38. The molecule has 0 saturated heterocycles. The van der Waals surface area contributed by atoms with Crippen LogP contribution in [-0.2, 0) is 6.42 Å². The van der Waals surface area contributed by atoms with Gasteiger partial charge in [0.15, 0.2) is 0 Å². The van der Waals surface area contributed by atoms with E-state index in [1.54, 1.807) is 4.88 Å². The lowest BCUT2D eigenvalue weighted by atomic mass is 9.92. The lowest BCUT2D eigenvalue weighted by Crippen LogP contribution is -2.26. The van der Waals surface area contributed by atoms with Crippen LogP contribution in [0.3, 0.4) is 0 Å². The molecule has 2 unspecified atom stereocenters. The summed E-state index contributed by atoms with van der Waals surface area (Å²) in [7, 11) is 0. The van der Waals surface area contributed by atoms with Crippen LogP contribution in [0.25, 0.3) is 0 Å². The summed E-state index contributed by atoms with van der Waals surface area (Å²) in [6.07, 6.45) is 6.81. The molecule has 1 fully saturated rings. The maximum absolute atomic E-state index is 3.59. The van der Waals surface area contributed by atoms with E-state index in [0.29, 0.717) is 0 Å². The van der Waals surface area contributed by atoms with Crippen molar-refractivity contribution in [3.63, 3.8) is 0 Å². The molecule has 0 bridgehead atoms. The standard InChI is InChI=1S/C14H22BrNS/c1-2-6-16-9-12-5-3-4-11(12)7-14-8-13(15)10-17-14/h8,10-12,16H,2-7,9H2,1H3. The number of hydrogen-bond donors (Lipinski definition) is 1. The van der Waals surface area contributed by atoms with Gasteiger partial charge in [-0.2, -0.15) is 0 Å². The molecule has 0 radical (unpaired) electrons. The van der Waals surface area contributed by atoms with Gasteiger partial charge < -0.3 is 5.32 Å². The van der Waals surface area contributed by atoms with Gasteiger partial charge in [0.25, 0.3) is 0 Å². The number of rotatable bonds is 6. The second-order valence-electron chi connectivity index (χ2n) is 5.09. The Hall–Kier alpha value is 0.140. The maximum atomic E-state index is 3.59. The first-order valence-corrected chi connectivity index (χ1v) is 8.40. The van der Waals surface area contributed by atoms with Crippen molar-refractivity contribution in [3.8, 4) is 0 Å². The molecule has 96 valence electrons. The normalized spacial score (nSPS) is 24.4. The zero-order chi connectivity index (χ0) is 12.1. The van der Waals surface area contributed by atoms with Gasteiger partial charge in [-0.05, 0) is 72.6 Å². The zero-order valence-corrected chi connectivity index (χ0v) is 12.9. The molecule has 1 aromatic rings. The summed E-state index contributed by atoms with van der Waals surface area (Å²) in [6.45, 7) is 4.64. The molecule has 0 aromatic carbocycles. The Kier molecular flexibility index (Phi) is 5.51. The predicted molar refractivity (Wildman–Crippen MR) is 79.7 cm³/mol. The van der Waals surface area contributed by atoms with Crippen LogP contribution in [-0.4, -0.2) is 13.1 Å². The van der Waals surface area contributed by atoms with E-state index in [-0.39, 0.29) is 0 Å². The summed E-state index contributed by atoms with van der Waals surface area (Å²) in [5, 5.41) is 5.80. The Balaban J connectivity index is 1.82. The number of nitrogens with one attached hydrogen (secondary N) is 1. The van der Waals surface area contributed by atoms with Gasteiger partial charge >= 0.3 is 0 Å². The molecule has 1 nitrogen and oxygen atoms in total. The van der Waals surface area contributed by atoms with E-state index < -0.39 is 0 Å². The lowest BCUT2D eigenvalue weighted by Gasteiger charge is -2.19. The summed E-state index contributed by atoms with van der Waals surface area (Å²) in [6, 6.07) is 2.29. The Morgan fingerprint density at radius 2 is 2.24 bits per heavy atom. The topological polar surface area (TPSA) is 12.0 Å². The Morgan fingerprint density at radius 3 is 2.94 bits per heavy atom. The van der Waals surface area contributed by atoms with Crippen molar-refractivity contribution in [3.05, 3.63) is 20.8 Å². The summed E-state index contributed by atoms with van der Waals surface area (Å²) in [5.41, 5.74) is 0. The molecule has 2 rings (SSSR count). The van der Waals surface area contributed by atoms with Crippen molar-refractivity contribution < 1.29 is 0 Å². The van der Waals surface area contributed by atoms with E-state index >= 15 is 0 Å². The van der Waals surface area contributed by atoms with E-state index in [1.807, 2.05) is 11.3 Å². The minimum absolute atomic E-state index is 0.905. The van der Waals surface area contributed by atoms with Crippen LogP contribution in [0.4, 0.5) is 0 Å². The van der Waals surface area contributed by atoms with Gasteiger partial charge in [-0.1, -0.05) is 13.3 Å². The second-order valence-corrected chi connectivity index (χ2v) is 7.00. The van der Waals surface area contributed by atoms with Gasteiger partial charge in [-0.25, -0.2) is 0 Å². The highest BCUT2D eigenvalue weighted by Crippen LogP contribution is 2.35. The number of thiophene rings is 1. The van der Waals surface area contributed by atoms with Crippen molar-refractivity contribution >= 4 is 27.3 Å². The van der Waals surface area contributed by atoms with Crippen molar-refractivity contribution in [1.29, 1.82) is 0 Å². The van der Waals surface area contributed by atoms with Crippen LogP contribution < -0.4 is 5.32 Å². The molecule has 1 aliphatic rings. The second kappa shape index (κ2) is 6.91. The number of hydrogen-bond acceptors (Lipinski definition) is 2. The Morgan fingerprint density at radius 1 is 1.41 bits per heavy atom. The van der Waals surface area contributed by atoms with Gasteiger partial charge in [0, 0.05) is 14.7 Å². The first-order valence-electron chi connectivity index (χ1n) is 6.73. The summed E-state index contributed by atoms with van der Waals surface area (Å²) >= 11 is 5.45. The molecule has 2 atom stereocenters. The van der Waals surface area contributed by atoms with Gasteiger partial charge in [-0.15, -0.1) is 11.3 Å². The van der Waals surface area contributed by atoms with E-state index in [1.165, 1.54) is 49.7 Å². The van der Waals surface area contributed by atoms with Crippen molar-refractivity contribution in [1.82, 2.24) is 5.32 Å². The highest BCUT2D eigenvalue weighted by molar-refractivity contribution is 9.10. The molecule has 1 aliphatic carbocycles. The molecule has 0 spiro atoms. The zero-order valence-electron chi connectivity index (χ0n) is 10.5. The highest BCUT2D eigenvalue weighted by Gasteiger charge is 2.27. The average molecular weight is 316 g/mol. The third-order valence-electron chi connectivity index (χ3n) is 3.73. The smallest absolute Gasteiger partial charge is 0.0285 e. The third-order valence-corrected chi connectivity index (χ3v) is 5.45. The molecule has 1 aromatic heterocycles. The van der Waals surface area contributed by atoms with Crippen molar-refractivity contribution in [2.24, 2.45) is 11.8 Å². The van der Waals surface area contributed by atoms with Gasteiger partial charge in [-0.3, -0.25) is 0 Å². The molecular weight excluding hydrogens is 294 g/mol. The molecule has 1 heterocycles. The minimum atomic E-state index is 0.905. The van der Waals surface area contributed by atoms with E-state index in [2.05, 4.69) is 39.6 Å². The summed E-state index contributed by atoms with van der Waals surface area (Å²) < 4.78 is 1.25. The molecule has 3 heteroatoms. The van der Waals surface area contributed by atoms with Crippen LogP contribution in [0.2, 0.25) is 0 Å². The van der Waals surface area contributed by atoms with Crippen molar-refractivity contribution in [2.45, 2.75) is 39.0 Å². The summed E-state index contributed by atoms with van der Waals surface area (Å²) in [4.78, 5) is 1.55. The maximum Gasteiger partial charge on any atom is 0.0285 e. The van der Waals surface area contributed by atoms with Crippen LogP contribution in [0.1, 0.15) is 37.5 Å². The SMILES string of the molecule is CCCNCC1CCCC1Cc1cc(Br)cs1. The van der Waals surface area contributed by atoms with Crippen LogP contribution in [0, 0.1) is 11.8 Å². The number of halogens is 1. The predicted octanol–water partition coefficient (Wildman–Crippen LogP) is 4.47. The van der Waals surface area contributed by atoms with Crippen LogP contribution in [0.5, 0.6) is 0 Å². The van der Waals surface area contributed by atoms with E-state index in [9.17, 15) is 0 Å². The minimum Gasteiger partial charge on any atom is -0.316 e. The van der Waals surface area contributed by atoms with Gasteiger partial charge in [0.05, 0.1) is 0 Å². The Labute approximate surface area is 117 Å². The van der Waals surface area contributed by atoms with Crippen LogP contribution in [0.15, 0.2) is 15.9 Å². The lowest BCUT2D eigenvalue weighted by molar-refractivity contribution is 0.367. The highest BCUT2D eigenvalue weighted by atomic mass is 79.9. The Bertz CT molecular complexity index is 337. The molecule has 0 aliphatic heterocycles. The van der Waals surface area contributed by atoms with E-state index in [4.69, 9.17) is 0 Å². The molecular formula is C14H22BrNS. The van der Waals surface area contributed by atoms with Gasteiger partial charge in [0.2, 0.25) is 0 Å². The average Bonchev–Trinajstić information content (AvgIpc) is 2.90. The molecule has 1 N–H and O–H groups in total. The van der Waals surface area contributed by atoms with Gasteiger partial charge in [0.1, 0.15) is 0 Å². The van der Waals surface area contributed by atoms with Crippen LogP contribution >= 0.6 is 27.3 Å². The molecule has 0 amide bonds. The first-order chi connectivity index (χ1) is 8.29. The summed E-state index contributed by atoms with van der Waals surface area (Å²) in [5.74, 6) is 1.81. The molecule has 17 heavy (non-hydrogen) atoms. The quantitative estimate of drug-likeness (QED) is 0.764. The fraction of sp³-hybridized carbons (Fsp3) is 0.714. The monoisotopic (exact) mass is 315 g/mol. The third kappa shape index (κ3) is 4.08.